The number of rotatable bonds is 0. The number of hydrogen-bond acceptors (Lipinski definition) is 2. The maximum Gasteiger partial charge on any atom is 4.00 e. The Kier molecular flexibility index (Phi) is 15.5. The minimum Gasteiger partial charge on any atom is -1.00 e. The zero-order valence-corrected chi connectivity index (χ0v) is 13.7. The van der Waals surface area contributed by atoms with Crippen molar-refractivity contribution in [2.45, 2.75) is 6.42 Å². The normalized spacial score (nSPS) is 9.90. The summed E-state index contributed by atoms with van der Waals surface area (Å²) in [6.45, 7) is 0. The zero-order chi connectivity index (χ0) is 13.8. The van der Waals surface area contributed by atoms with Crippen molar-refractivity contribution in [1.29, 1.82) is 0 Å². The summed E-state index contributed by atoms with van der Waals surface area (Å²) in [5.41, 5.74) is 0. The Hall–Kier alpha value is -1.48. The average Bonchev–Trinajstić information content (AvgIpc) is 3.00. The Morgan fingerprint density at radius 2 is 1.19 bits per heavy atom. The van der Waals surface area contributed by atoms with Crippen molar-refractivity contribution in [2.24, 2.45) is 0 Å². The van der Waals surface area contributed by atoms with Crippen molar-refractivity contribution in [3.63, 3.8) is 0 Å². The minimum atomic E-state index is 0. The van der Waals surface area contributed by atoms with E-state index in [2.05, 4.69) is 12.2 Å². The van der Waals surface area contributed by atoms with Crippen molar-refractivity contribution < 1.29 is 44.3 Å². The third-order valence-electron chi connectivity index (χ3n) is 2.07. The number of allylic oxidation sites excluding steroid dienone is 4. The molecule has 0 saturated carbocycles. The van der Waals surface area contributed by atoms with Crippen molar-refractivity contribution in [3.8, 4) is 11.5 Å². The summed E-state index contributed by atoms with van der Waals surface area (Å²) < 4.78 is 0. The van der Waals surface area contributed by atoms with Gasteiger partial charge < -0.3 is 22.6 Å². The first-order chi connectivity index (χ1) is 9.29. The molecule has 0 unspecified atom stereocenters. The smallest absolute Gasteiger partial charge is 1.00 e. The van der Waals surface area contributed by atoms with E-state index in [4.69, 9.17) is 0 Å². The molecule has 1 aliphatic rings. The summed E-state index contributed by atoms with van der Waals surface area (Å²) in [5.74, 6) is 0.144. The first kappa shape index (κ1) is 21.8. The van der Waals surface area contributed by atoms with Gasteiger partial charge in [0.1, 0.15) is 0 Å². The van der Waals surface area contributed by atoms with Gasteiger partial charge in [-0.1, -0.05) is 60.7 Å². The molecular weight excluding hydrogens is 320 g/mol. The van der Waals surface area contributed by atoms with E-state index < -0.39 is 0 Å². The van der Waals surface area contributed by atoms with Crippen molar-refractivity contribution in [3.05, 3.63) is 85.0 Å². The van der Waals surface area contributed by atoms with Gasteiger partial charge in [-0.25, -0.2) is 12.2 Å². The predicted molar refractivity (Wildman–Crippen MR) is 73.3 cm³/mol. The van der Waals surface area contributed by atoms with Crippen LogP contribution in [0.1, 0.15) is 6.42 Å². The molecular formula is C17H15ClO2Ti. The summed E-state index contributed by atoms with van der Waals surface area (Å²) in [5, 5.41) is 20.5. The molecule has 3 rings (SSSR count). The number of para-hydroxylation sites is 2. The molecule has 0 amide bonds. The summed E-state index contributed by atoms with van der Waals surface area (Å²) in [6.07, 6.45) is 10.0. The fraction of sp³-hybridized carbons (Fsp3) is 0.0588. The molecule has 0 bridgehead atoms. The monoisotopic (exact) mass is 334 g/mol. The summed E-state index contributed by atoms with van der Waals surface area (Å²) in [6, 6.07) is 16.7. The van der Waals surface area contributed by atoms with Crippen LogP contribution in [-0.4, -0.2) is 0 Å². The van der Waals surface area contributed by atoms with Gasteiger partial charge in [0.25, 0.3) is 0 Å². The van der Waals surface area contributed by atoms with Crippen molar-refractivity contribution in [1.82, 2.24) is 0 Å². The molecule has 106 valence electrons. The molecule has 0 radical (unpaired) electrons. The van der Waals surface area contributed by atoms with E-state index in [0.29, 0.717) is 0 Å². The van der Waals surface area contributed by atoms with Crippen LogP contribution in [0.5, 0.6) is 11.5 Å². The molecule has 0 aliphatic heterocycles. The standard InChI is InChI=1S/2C6H6O.C5H5.ClH.Ti/c2*7-6-4-2-1-3-5-6;1-2-4-5-3-1;;/h2*1-5,7H;1-3H,4H2;1H;/q;;-1;;+4/p-3. The van der Waals surface area contributed by atoms with Gasteiger partial charge in [0, 0.05) is 0 Å². The maximum absolute atomic E-state index is 10.3. The maximum atomic E-state index is 10.3. The number of halogens is 1. The number of benzene rings is 2. The van der Waals surface area contributed by atoms with Crippen molar-refractivity contribution >= 4 is 0 Å². The SMILES string of the molecule is [C-]1=CC=CC1.[Cl-].[O-]c1ccccc1.[O-]c1ccccc1.[Ti+4]. The second kappa shape index (κ2) is 14.9. The first-order valence-electron chi connectivity index (χ1n) is 5.95. The molecule has 2 aromatic rings. The summed E-state index contributed by atoms with van der Waals surface area (Å²) in [4.78, 5) is 0. The zero-order valence-electron chi connectivity index (χ0n) is 11.4. The topological polar surface area (TPSA) is 46.1 Å². The Morgan fingerprint density at radius 3 is 1.33 bits per heavy atom. The third-order valence-corrected chi connectivity index (χ3v) is 2.07. The van der Waals surface area contributed by atoms with Crippen LogP contribution in [-0.2, 0) is 21.7 Å². The van der Waals surface area contributed by atoms with Gasteiger partial charge in [0.15, 0.2) is 0 Å². The third kappa shape index (κ3) is 13.3. The number of hydrogen-bond donors (Lipinski definition) is 0. The molecule has 1 aliphatic carbocycles. The molecule has 4 heteroatoms. The van der Waals surface area contributed by atoms with Gasteiger partial charge in [0.05, 0.1) is 0 Å². The molecule has 2 aromatic carbocycles. The van der Waals surface area contributed by atoms with Gasteiger partial charge in [-0.15, -0.1) is 17.9 Å². The van der Waals surface area contributed by atoms with E-state index in [1.54, 1.807) is 24.3 Å². The fourth-order valence-electron chi connectivity index (χ4n) is 1.18. The molecule has 0 saturated heterocycles. The van der Waals surface area contributed by atoms with Crippen LogP contribution in [0.15, 0.2) is 78.9 Å². The van der Waals surface area contributed by atoms with Crippen LogP contribution >= 0.6 is 0 Å². The molecule has 0 heterocycles. The Labute approximate surface area is 147 Å². The van der Waals surface area contributed by atoms with Gasteiger partial charge in [-0.05, 0) is 0 Å². The molecule has 21 heavy (non-hydrogen) atoms. The van der Waals surface area contributed by atoms with Crippen LogP contribution in [0, 0.1) is 6.08 Å². The second-order valence-corrected chi connectivity index (χ2v) is 3.63. The largest absolute Gasteiger partial charge is 4.00 e. The van der Waals surface area contributed by atoms with Gasteiger partial charge in [0.2, 0.25) is 0 Å². The Morgan fingerprint density at radius 1 is 0.762 bits per heavy atom. The molecule has 0 N–H and O–H groups in total. The van der Waals surface area contributed by atoms with E-state index in [1.807, 2.05) is 24.3 Å². The van der Waals surface area contributed by atoms with E-state index >= 15 is 0 Å². The van der Waals surface area contributed by atoms with Gasteiger partial charge in [-0.2, -0.15) is 6.08 Å². The van der Waals surface area contributed by atoms with Gasteiger partial charge >= 0.3 is 21.7 Å². The summed E-state index contributed by atoms with van der Waals surface area (Å²) >= 11 is 0. The van der Waals surface area contributed by atoms with Crippen LogP contribution in [0.2, 0.25) is 0 Å². The van der Waals surface area contributed by atoms with Crippen LogP contribution in [0.4, 0.5) is 0 Å². The average molecular weight is 335 g/mol. The molecule has 2 nitrogen and oxygen atoms in total. The van der Waals surface area contributed by atoms with E-state index in [1.165, 1.54) is 24.3 Å². The van der Waals surface area contributed by atoms with E-state index in [0.717, 1.165) is 6.42 Å². The molecule has 0 aromatic heterocycles. The Bertz CT molecular complexity index is 451. The van der Waals surface area contributed by atoms with Gasteiger partial charge in [-0.3, -0.25) is 6.08 Å². The quantitative estimate of drug-likeness (QED) is 0.496. The first-order valence-corrected chi connectivity index (χ1v) is 5.95. The van der Waals surface area contributed by atoms with Crippen LogP contribution in [0.3, 0.4) is 0 Å². The van der Waals surface area contributed by atoms with Crippen molar-refractivity contribution in [2.75, 3.05) is 0 Å². The molecule has 0 atom stereocenters. The fourth-order valence-corrected chi connectivity index (χ4v) is 1.18. The Balaban J connectivity index is 0. The van der Waals surface area contributed by atoms with E-state index in [9.17, 15) is 10.2 Å². The van der Waals surface area contributed by atoms with Crippen LogP contribution in [0.25, 0.3) is 0 Å². The van der Waals surface area contributed by atoms with Crippen LogP contribution < -0.4 is 22.6 Å². The molecule has 0 spiro atoms. The second-order valence-electron chi connectivity index (χ2n) is 3.63. The minimum absolute atomic E-state index is 0. The summed E-state index contributed by atoms with van der Waals surface area (Å²) in [7, 11) is 0. The molecule has 0 fully saturated rings. The predicted octanol–water partition coefficient (Wildman–Crippen LogP) is -0.172. The van der Waals surface area contributed by atoms with E-state index in [-0.39, 0.29) is 45.6 Å².